The van der Waals surface area contributed by atoms with Crippen molar-refractivity contribution in [3.8, 4) is 5.75 Å². The van der Waals surface area contributed by atoms with Crippen molar-refractivity contribution < 1.29 is 4.74 Å². The third-order valence-corrected chi connectivity index (χ3v) is 3.29. The first-order valence-corrected chi connectivity index (χ1v) is 6.99. The van der Waals surface area contributed by atoms with Crippen molar-refractivity contribution in [1.29, 1.82) is 0 Å². The molecule has 0 aliphatic rings. The Balaban J connectivity index is 2.49. The standard InChI is InChI=1S/C13H21NOS/c1-3-9-15-12-7-5-11(6-8-12)13(14)10-16-4-2/h5-8,13H,3-4,9-10,14H2,1-2H3. The second-order valence-electron chi connectivity index (χ2n) is 3.68. The highest BCUT2D eigenvalue weighted by Crippen LogP contribution is 2.19. The van der Waals surface area contributed by atoms with Crippen molar-refractivity contribution >= 4 is 11.8 Å². The SMILES string of the molecule is CCCOc1ccc(C(N)CSCC)cc1. The smallest absolute Gasteiger partial charge is 0.119 e. The van der Waals surface area contributed by atoms with Crippen molar-refractivity contribution in [2.24, 2.45) is 5.73 Å². The number of hydrogen-bond donors (Lipinski definition) is 1. The molecule has 1 atom stereocenters. The molecule has 0 bridgehead atoms. The summed E-state index contributed by atoms with van der Waals surface area (Å²) in [5, 5.41) is 0. The summed E-state index contributed by atoms with van der Waals surface area (Å²) >= 11 is 1.87. The number of benzene rings is 1. The van der Waals surface area contributed by atoms with Crippen molar-refractivity contribution in [3.63, 3.8) is 0 Å². The summed E-state index contributed by atoms with van der Waals surface area (Å²) in [6.07, 6.45) is 1.04. The van der Waals surface area contributed by atoms with Crippen LogP contribution in [0.15, 0.2) is 24.3 Å². The van der Waals surface area contributed by atoms with E-state index in [1.807, 2.05) is 23.9 Å². The van der Waals surface area contributed by atoms with Gasteiger partial charge in [-0.05, 0) is 29.9 Å². The third-order valence-electron chi connectivity index (χ3n) is 2.28. The minimum absolute atomic E-state index is 0.130. The van der Waals surface area contributed by atoms with Gasteiger partial charge in [0.2, 0.25) is 0 Å². The molecular weight excluding hydrogens is 218 g/mol. The Hall–Kier alpha value is -0.670. The van der Waals surface area contributed by atoms with E-state index in [0.29, 0.717) is 0 Å². The maximum Gasteiger partial charge on any atom is 0.119 e. The quantitative estimate of drug-likeness (QED) is 0.793. The van der Waals surface area contributed by atoms with Gasteiger partial charge < -0.3 is 10.5 Å². The lowest BCUT2D eigenvalue weighted by Crippen LogP contribution is -2.13. The van der Waals surface area contributed by atoms with Crippen LogP contribution in [-0.2, 0) is 0 Å². The fourth-order valence-corrected chi connectivity index (χ4v) is 2.05. The average molecular weight is 239 g/mol. The van der Waals surface area contributed by atoms with Gasteiger partial charge in [0.15, 0.2) is 0 Å². The minimum Gasteiger partial charge on any atom is -0.494 e. The molecule has 0 spiro atoms. The minimum atomic E-state index is 0.130. The first kappa shape index (κ1) is 13.4. The van der Waals surface area contributed by atoms with E-state index in [1.165, 1.54) is 5.56 Å². The molecule has 3 heteroatoms. The summed E-state index contributed by atoms with van der Waals surface area (Å²) in [6.45, 7) is 5.03. The summed E-state index contributed by atoms with van der Waals surface area (Å²) in [7, 11) is 0. The molecule has 1 rings (SSSR count). The van der Waals surface area contributed by atoms with Crippen LogP contribution in [0.2, 0.25) is 0 Å². The monoisotopic (exact) mass is 239 g/mol. The van der Waals surface area contributed by atoms with E-state index < -0.39 is 0 Å². The van der Waals surface area contributed by atoms with Crippen LogP contribution in [0, 0.1) is 0 Å². The van der Waals surface area contributed by atoms with Crippen LogP contribution in [0.3, 0.4) is 0 Å². The average Bonchev–Trinajstić information content (AvgIpc) is 2.34. The highest BCUT2D eigenvalue weighted by molar-refractivity contribution is 7.99. The molecule has 0 radical (unpaired) electrons. The Kier molecular flexibility index (Phi) is 6.34. The van der Waals surface area contributed by atoms with Gasteiger partial charge in [0.25, 0.3) is 0 Å². The Morgan fingerprint density at radius 3 is 2.50 bits per heavy atom. The zero-order valence-corrected chi connectivity index (χ0v) is 10.9. The highest BCUT2D eigenvalue weighted by Gasteiger charge is 2.05. The molecule has 1 unspecified atom stereocenters. The molecule has 0 heterocycles. The molecule has 0 saturated heterocycles. The fraction of sp³-hybridized carbons (Fsp3) is 0.538. The zero-order valence-electron chi connectivity index (χ0n) is 10.1. The van der Waals surface area contributed by atoms with E-state index in [-0.39, 0.29) is 6.04 Å². The topological polar surface area (TPSA) is 35.2 Å². The number of nitrogens with two attached hydrogens (primary N) is 1. The fourth-order valence-electron chi connectivity index (χ4n) is 1.37. The molecule has 1 aromatic rings. The summed E-state index contributed by atoms with van der Waals surface area (Å²) in [5.41, 5.74) is 7.25. The second-order valence-corrected chi connectivity index (χ2v) is 5.00. The van der Waals surface area contributed by atoms with Gasteiger partial charge in [-0.2, -0.15) is 11.8 Å². The molecule has 0 fully saturated rings. The molecule has 0 aliphatic heterocycles. The highest BCUT2D eigenvalue weighted by atomic mass is 32.2. The van der Waals surface area contributed by atoms with Gasteiger partial charge in [-0.15, -0.1) is 0 Å². The second kappa shape index (κ2) is 7.58. The van der Waals surface area contributed by atoms with Crippen LogP contribution < -0.4 is 10.5 Å². The van der Waals surface area contributed by atoms with E-state index in [4.69, 9.17) is 10.5 Å². The molecule has 2 nitrogen and oxygen atoms in total. The van der Waals surface area contributed by atoms with Crippen molar-refractivity contribution in [1.82, 2.24) is 0 Å². The largest absolute Gasteiger partial charge is 0.494 e. The maximum absolute atomic E-state index is 6.07. The van der Waals surface area contributed by atoms with Gasteiger partial charge in [0.1, 0.15) is 5.75 Å². The normalized spacial score (nSPS) is 12.4. The predicted octanol–water partition coefficient (Wildman–Crippen LogP) is 3.23. The molecule has 0 aliphatic carbocycles. The number of thioether (sulfide) groups is 1. The van der Waals surface area contributed by atoms with Crippen LogP contribution >= 0.6 is 11.8 Å². The lowest BCUT2D eigenvalue weighted by molar-refractivity contribution is 0.317. The summed E-state index contributed by atoms with van der Waals surface area (Å²) in [6, 6.07) is 8.26. The molecule has 0 aromatic heterocycles. The molecule has 16 heavy (non-hydrogen) atoms. The Bertz CT molecular complexity index is 286. The first-order chi connectivity index (χ1) is 7.77. The van der Waals surface area contributed by atoms with E-state index in [1.54, 1.807) is 0 Å². The van der Waals surface area contributed by atoms with Crippen molar-refractivity contribution in [2.45, 2.75) is 26.3 Å². The number of ether oxygens (including phenoxy) is 1. The number of hydrogen-bond acceptors (Lipinski definition) is 3. The molecule has 0 saturated carbocycles. The first-order valence-electron chi connectivity index (χ1n) is 5.84. The molecule has 0 amide bonds. The lowest BCUT2D eigenvalue weighted by atomic mass is 10.1. The van der Waals surface area contributed by atoms with Crippen LogP contribution in [0.5, 0.6) is 5.75 Å². The van der Waals surface area contributed by atoms with Gasteiger partial charge in [0, 0.05) is 11.8 Å². The summed E-state index contributed by atoms with van der Waals surface area (Å²) < 4.78 is 5.53. The van der Waals surface area contributed by atoms with E-state index in [0.717, 1.165) is 30.3 Å². The van der Waals surface area contributed by atoms with Crippen molar-refractivity contribution in [2.75, 3.05) is 18.1 Å². The molecule has 2 N–H and O–H groups in total. The van der Waals surface area contributed by atoms with Gasteiger partial charge in [-0.25, -0.2) is 0 Å². The van der Waals surface area contributed by atoms with Gasteiger partial charge in [-0.1, -0.05) is 26.0 Å². The molecule has 90 valence electrons. The Morgan fingerprint density at radius 1 is 1.25 bits per heavy atom. The third kappa shape index (κ3) is 4.45. The summed E-state index contributed by atoms with van der Waals surface area (Å²) in [4.78, 5) is 0. The lowest BCUT2D eigenvalue weighted by Gasteiger charge is -2.12. The molecular formula is C13H21NOS. The number of rotatable bonds is 7. The maximum atomic E-state index is 6.07. The Morgan fingerprint density at radius 2 is 1.94 bits per heavy atom. The van der Waals surface area contributed by atoms with E-state index in [2.05, 4.69) is 26.0 Å². The Labute approximate surface area is 103 Å². The molecule has 1 aromatic carbocycles. The zero-order chi connectivity index (χ0) is 11.8. The van der Waals surface area contributed by atoms with Gasteiger partial charge in [0.05, 0.1) is 6.61 Å². The van der Waals surface area contributed by atoms with E-state index >= 15 is 0 Å². The summed E-state index contributed by atoms with van der Waals surface area (Å²) in [5.74, 6) is 3.03. The van der Waals surface area contributed by atoms with Crippen LogP contribution in [0.25, 0.3) is 0 Å². The van der Waals surface area contributed by atoms with E-state index in [9.17, 15) is 0 Å². The van der Waals surface area contributed by atoms with Crippen LogP contribution in [-0.4, -0.2) is 18.1 Å². The van der Waals surface area contributed by atoms with Crippen LogP contribution in [0.4, 0.5) is 0 Å². The van der Waals surface area contributed by atoms with Crippen LogP contribution in [0.1, 0.15) is 31.9 Å². The van der Waals surface area contributed by atoms with Gasteiger partial charge in [-0.3, -0.25) is 0 Å². The van der Waals surface area contributed by atoms with Gasteiger partial charge >= 0.3 is 0 Å². The predicted molar refractivity (Wildman–Crippen MR) is 72.2 cm³/mol. The van der Waals surface area contributed by atoms with Crippen molar-refractivity contribution in [3.05, 3.63) is 29.8 Å².